The van der Waals surface area contributed by atoms with Crippen LogP contribution in [0.25, 0.3) is 0 Å². The van der Waals surface area contributed by atoms with Crippen molar-refractivity contribution < 1.29 is 14.0 Å². The monoisotopic (exact) mass is 433 g/mol. The van der Waals surface area contributed by atoms with Crippen molar-refractivity contribution in [3.63, 3.8) is 0 Å². The zero-order chi connectivity index (χ0) is 21.1. The summed E-state index contributed by atoms with van der Waals surface area (Å²) in [6.45, 7) is 1.58. The average Bonchev–Trinajstić information content (AvgIpc) is 3.42. The van der Waals surface area contributed by atoms with Crippen LogP contribution in [0.2, 0.25) is 5.02 Å². The largest absolute Gasteiger partial charge is 0.353 e. The number of likely N-dealkylation sites (tertiary alicyclic amines) is 1. The van der Waals surface area contributed by atoms with E-state index in [1.807, 2.05) is 4.90 Å². The maximum atomic E-state index is 13.1. The molecule has 2 heterocycles. The van der Waals surface area contributed by atoms with Crippen LogP contribution in [0.5, 0.6) is 0 Å². The highest BCUT2D eigenvalue weighted by Crippen LogP contribution is 2.28. The van der Waals surface area contributed by atoms with E-state index in [1.165, 1.54) is 12.1 Å². The summed E-state index contributed by atoms with van der Waals surface area (Å²) in [5, 5.41) is 11.6. The normalized spacial score (nSPS) is 21.6. The van der Waals surface area contributed by atoms with Crippen LogP contribution in [-0.4, -0.2) is 50.8 Å². The molecule has 1 saturated carbocycles. The SMILES string of the molecule is O=C(Cc1ccc(F)cc1Cl)NC1CCC(n2cc(C(=O)N3CCCC3)nn2)CC1. The van der Waals surface area contributed by atoms with Crippen LogP contribution < -0.4 is 5.32 Å². The molecule has 0 unspecified atom stereocenters. The van der Waals surface area contributed by atoms with Crippen molar-refractivity contribution in [2.75, 3.05) is 13.1 Å². The molecule has 1 N–H and O–H groups in total. The third-order valence-corrected chi connectivity index (χ3v) is 6.28. The predicted molar refractivity (Wildman–Crippen MR) is 110 cm³/mol. The van der Waals surface area contributed by atoms with Gasteiger partial charge in [0.15, 0.2) is 5.69 Å². The van der Waals surface area contributed by atoms with Crippen LogP contribution in [0.4, 0.5) is 4.39 Å². The van der Waals surface area contributed by atoms with E-state index in [0.717, 1.165) is 51.6 Å². The molecule has 1 aliphatic heterocycles. The Morgan fingerprint density at radius 2 is 1.90 bits per heavy atom. The van der Waals surface area contributed by atoms with Gasteiger partial charge in [-0.25, -0.2) is 9.07 Å². The zero-order valence-electron chi connectivity index (χ0n) is 16.7. The van der Waals surface area contributed by atoms with E-state index in [4.69, 9.17) is 11.6 Å². The van der Waals surface area contributed by atoms with E-state index >= 15 is 0 Å². The molecule has 2 amide bonds. The van der Waals surface area contributed by atoms with Gasteiger partial charge in [0.2, 0.25) is 5.91 Å². The lowest BCUT2D eigenvalue weighted by Crippen LogP contribution is -2.38. The van der Waals surface area contributed by atoms with Gasteiger partial charge in [-0.15, -0.1) is 5.10 Å². The third kappa shape index (κ3) is 4.80. The first-order valence-electron chi connectivity index (χ1n) is 10.4. The molecule has 0 radical (unpaired) electrons. The van der Waals surface area contributed by atoms with Gasteiger partial charge < -0.3 is 10.2 Å². The highest BCUT2D eigenvalue weighted by atomic mass is 35.5. The van der Waals surface area contributed by atoms with Gasteiger partial charge in [-0.1, -0.05) is 22.9 Å². The molecule has 2 fully saturated rings. The van der Waals surface area contributed by atoms with Crippen molar-refractivity contribution in [3.05, 3.63) is 46.5 Å². The number of nitrogens with zero attached hydrogens (tertiary/aromatic N) is 4. The van der Waals surface area contributed by atoms with Crippen molar-refractivity contribution >= 4 is 23.4 Å². The Morgan fingerprint density at radius 1 is 1.17 bits per heavy atom. The standard InChI is InChI=1S/C21H25ClFN5O2/c22-18-12-15(23)4-3-14(18)11-20(29)24-16-5-7-17(8-6-16)28-13-19(25-26-28)21(30)27-9-1-2-10-27/h3-4,12-13,16-17H,1-2,5-11H2,(H,24,29). The summed E-state index contributed by atoms with van der Waals surface area (Å²) in [4.78, 5) is 26.6. The van der Waals surface area contributed by atoms with Crippen molar-refractivity contribution in [2.24, 2.45) is 0 Å². The van der Waals surface area contributed by atoms with E-state index in [-0.39, 0.29) is 35.3 Å². The first kappa shape index (κ1) is 20.8. The number of amides is 2. The summed E-state index contributed by atoms with van der Waals surface area (Å²) in [6, 6.07) is 4.33. The number of nitrogens with one attached hydrogen (secondary N) is 1. The van der Waals surface area contributed by atoms with Gasteiger partial charge in [-0.05, 0) is 56.2 Å². The second kappa shape index (κ2) is 9.12. The molecule has 1 saturated heterocycles. The lowest BCUT2D eigenvalue weighted by Gasteiger charge is -2.29. The summed E-state index contributed by atoms with van der Waals surface area (Å²) in [5.74, 6) is -0.578. The Kier molecular flexibility index (Phi) is 6.32. The van der Waals surface area contributed by atoms with Gasteiger partial charge in [0.05, 0.1) is 18.7 Å². The van der Waals surface area contributed by atoms with Crippen LogP contribution >= 0.6 is 11.6 Å². The van der Waals surface area contributed by atoms with Crippen LogP contribution in [0.15, 0.2) is 24.4 Å². The fraction of sp³-hybridized carbons (Fsp3) is 0.524. The van der Waals surface area contributed by atoms with Gasteiger partial charge >= 0.3 is 0 Å². The lowest BCUT2D eigenvalue weighted by atomic mass is 9.91. The van der Waals surface area contributed by atoms with E-state index in [2.05, 4.69) is 15.6 Å². The van der Waals surface area contributed by atoms with Gasteiger partial charge in [-0.3, -0.25) is 9.59 Å². The van der Waals surface area contributed by atoms with Gasteiger partial charge in [-0.2, -0.15) is 0 Å². The minimum absolute atomic E-state index is 0.0425. The second-order valence-corrected chi connectivity index (χ2v) is 8.48. The average molecular weight is 434 g/mol. The fourth-order valence-electron chi connectivity index (χ4n) is 4.24. The number of hydrogen-bond donors (Lipinski definition) is 1. The number of carbonyl (C=O) groups excluding carboxylic acids is 2. The van der Waals surface area contributed by atoms with Crippen molar-refractivity contribution in [3.8, 4) is 0 Å². The topological polar surface area (TPSA) is 80.1 Å². The van der Waals surface area contributed by atoms with Gasteiger partial charge in [0.25, 0.3) is 5.91 Å². The maximum Gasteiger partial charge on any atom is 0.276 e. The first-order chi connectivity index (χ1) is 14.5. The molecule has 2 aromatic rings. The Balaban J connectivity index is 1.26. The maximum absolute atomic E-state index is 13.1. The Bertz CT molecular complexity index is 920. The Labute approximate surface area is 179 Å². The third-order valence-electron chi connectivity index (χ3n) is 5.92. The van der Waals surface area contributed by atoms with Crippen LogP contribution in [0.3, 0.4) is 0 Å². The van der Waals surface area contributed by atoms with E-state index < -0.39 is 5.82 Å². The van der Waals surface area contributed by atoms with Gasteiger partial charge in [0, 0.05) is 24.2 Å². The molecular weight excluding hydrogens is 409 g/mol. The molecule has 4 rings (SSSR count). The van der Waals surface area contributed by atoms with Gasteiger partial charge in [0.1, 0.15) is 5.82 Å². The van der Waals surface area contributed by atoms with Crippen molar-refractivity contribution in [1.82, 2.24) is 25.2 Å². The molecule has 160 valence electrons. The summed E-state index contributed by atoms with van der Waals surface area (Å²) in [5.41, 5.74) is 1.02. The Hall–Kier alpha value is -2.48. The predicted octanol–water partition coefficient (Wildman–Crippen LogP) is 3.15. The molecule has 7 nitrogen and oxygen atoms in total. The molecule has 1 aromatic carbocycles. The fourth-order valence-corrected chi connectivity index (χ4v) is 4.47. The quantitative estimate of drug-likeness (QED) is 0.785. The number of carbonyl (C=O) groups is 2. The number of hydrogen-bond acceptors (Lipinski definition) is 4. The smallest absolute Gasteiger partial charge is 0.276 e. The summed E-state index contributed by atoms with van der Waals surface area (Å²) < 4.78 is 14.9. The summed E-state index contributed by atoms with van der Waals surface area (Å²) in [6.07, 6.45) is 7.31. The lowest BCUT2D eigenvalue weighted by molar-refractivity contribution is -0.121. The molecular formula is C21H25ClFN5O2. The molecule has 9 heteroatoms. The van der Waals surface area contributed by atoms with E-state index in [9.17, 15) is 14.0 Å². The van der Waals surface area contributed by atoms with E-state index in [1.54, 1.807) is 16.9 Å². The molecule has 0 atom stereocenters. The molecule has 0 bridgehead atoms. The van der Waals surface area contributed by atoms with E-state index in [0.29, 0.717) is 11.3 Å². The Morgan fingerprint density at radius 3 is 2.60 bits per heavy atom. The molecule has 30 heavy (non-hydrogen) atoms. The first-order valence-corrected chi connectivity index (χ1v) is 10.8. The van der Waals surface area contributed by atoms with Crippen LogP contribution in [0, 0.1) is 5.82 Å². The molecule has 2 aliphatic rings. The molecule has 1 aliphatic carbocycles. The minimum Gasteiger partial charge on any atom is -0.353 e. The van der Waals surface area contributed by atoms with Crippen molar-refractivity contribution in [1.29, 1.82) is 0 Å². The summed E-state index contributed by atoms with van der Waals surface area (Å²) >= 11 is 6.01. The van der Waals surface area contributed by atoms with Crippen LogP contribution in [-0.2, 0) is 11.2 Å². The highest BCUT2D eigenvalue weighted by Gasteiger charge is 2.27. The number of rotatable bonds is 5. The number of benzene rings is 1. The number of halogens is 2. The number of aromatic nitrogens is 3. The van der Waals surface area contributed by atoms with Crippen LogP contribution in [0.1, 0.15) is 60.6 Å². The molecule has 1 aromatic heterocycles. The zero-order valence-corrected chi connectivity index (χ0v) is 17.4. The minimum atomic E-state index is -0.416. The summed E-state index contributed by atoms with van der Waals surface area (Å²) in [7, 11) is 0. The van der Waals surface area contributed by atoms with Crippen molar-refractivity contribution in [2.45, 2.75) is 57.0 Å². The highest BCUT2D eigenvalue weighted by molar-refractivity contribution is 6.31. The second-order valence-electron chi connectivity index (χ2n) is 8.07. The molecule has 0 spiro atoms.